The molecule has 2 heterocycles. The Kier molecular flexibility index (Phi) is 4.68. The summed E-state index contributed by atoms with van der Waals surface area (Å²) in [5.41, 5.74) is 8.60. The van der Waals surface area contributed by atoms with Gasteiger partial charge in [-0.05, 0) is 33.5 Å². The van der Waals surface area contributed by atoms with Crippen LogP contribution >= 0.6 is 22.7 Å². The molecule has 0 saturated heterocycles. The highest BCUT2D eigenvalue weighted by Crippen LogP contribution is 2.24. The van der Waals surface area contributed by atoms with E-state index in [0.29, 0.717) is 0 Å². The summed E-state index contributed by atoms with van der Waals surface area (Å²) in [6.07, 6.45) is 1.81. The highest BCUT2D eigenvalue weighted by Gasteiger charge is 2.03. The van der Waals surface area contributed by atoms with E-state index in [0.717, 1.165) is 22.0 Å². The number of benzene rings is 2. The molecule has 0 saturated carbocycles. The summed E-state index contributed by atoms with van der Waals surface area (Å²) in [7, 11) is 0. The average Bonchev–Trinajstić information content (AvgIpc) is 3.35. The fourth-order valence-electron chi connectivity index (χ4n) is 2.42. The van der Waals surface area contributed by atoms with Crippen molar-refractivity contribution >= 4 is 34.0 Å². The number of aromatic nitrogens is 1. The lowest BCUT2D eigenvalue weighted by Gasteiger charge is -1.99. The maximum Gasteiger partial charge on any atom is 0.203 e. The van der Waals surface area contributed by atoms with Gasteiger partial charge in [-0.3, -0.25) is 5.43 Å². The van der Waals surface area contributed by atoms with E-state index in [-0.39, 0.29) is 0 Å². The molecule has 0 fully saturated rings. The molecule has 0 amide bonds. The van der Waals surface area contributed by atoms with E-state index in [1.54, 1.807) is 28.9 Å². The van der Waals surface area contributed by atoms with Gasteiger partial charge in [0, 0.05) is 10.9 Å². The maximum absolute atomic E-state index is 4.55. The number of rotatable bonds is 5. The van der Waals surface area contributed by atoms with Gasteiger partial charge in [-0.2, -0.15) is 16.4 Å². The summed E-state index contributed by atoms with van der Waals surface area (Å²) < 4.78 is 0. The number of nitrogens with one attached hydrogen (secondary N) is 1. The molecule has 0 unspecified atom stereocenters. The molecule has 3 nitrogen and oxygen atoms in total. The minimum atomic E-state index is 0.782. The van der Waals surface area contributed by atoms with Gasteiger partial charge >= 0.3 is 0 Å². The second-order valence-electron chi connectivity index (χ2n) is 5.41. The first-order chi connectivity index (χ1) is 12.4. The normalized spacial score (nSPS) is 11.0. The number of thiazole rings is 1. The SMILES string of the molecule is C(=NNc1nc(-c2ccccc2)cs1)c1ccc(-c2ccsc2)cc1. The molecule has 0 aliphatic heterocycles. The lowest BCUT2D eigenvalue weighted by Crippen LogP contribution is -1.90. The van der Waals surface area contributed by atoms with Gasteiger partial charge in [-0.15, -0.1) is 11.3 Å². The van der Waals surface area contributed by atoms with Crippen LogP contribution in [0.4, 0.5) is 5.13 Å². The van der Waals surface area contributed by atoms with Crippen molar-refractivity contribution in [1.82, 2.24) is 4.98 Å². The van der Waals surface area contributed by atoms with Gasteiger partial charge in [-0.1, -0.05) is 54.6 Å². The van der Waals surface area contributed by atoms with E-state index < -0.39 is 0 Å². The van der Waals surface area contributed by atoms with Gasteiger partial charge in [0.1, 0.15) is 0 Å². The molecule has 0 atom stereocenters. The molecule has 4 aromatic rings. The molecule has 0 aliphatic carbocycles. The molecule has 5 heteroatoms. The second kappa shape index (κ2) is 7.42. The van der Waals surface area contributed by atoms with Crippen molar-refractivity contribution in [3.8, 4) is 22.4 Å². The molecular formula is C20H15N3S2. The predicted octanol–water partition coefficient (Wildman–Crippen LogP) is 5.98. The number of anilines is 1. The van der Waals surface area contributed by atoms with Crippen LogP contribution in [0.15, 0.2) is 81.9 Å². The monoisotopic (exact) mass is 361 g/mol. The Morgan fingerprint density at radius 1 is 0.840 bits per heavy atom. The first kappa shape index (κ1) is 15.7. The van der Waals surface area contributed by atoms with Crippen LogP contribution < -0.4 is 5.43 Å². The molecule has 0 bridgehead atoms. The molecule has 0 spiro atoms. The third kappa shape index (κ3) is 3.84. The molecule has 4 rings (SSSR count). The van der Waals surface area contributed by atoms with Crippen molar-refractivity contribution in [2.75, 3.05) is 5.43 Å². The summed E-state index contributed by atoms with van der Waals surface area (Å²) in [5, 5.41) is 11.3. The summed E-state index contributed by atoms with van der Waals surface area (Å²) in [5.74, 6) is 0. The van der Waals surface area contributed by atoms with Crippen molar-refractivity contribution in [2.45, 2.75) is 0 Å². The number of nitrogens with zero attached hydrogens (tertiary/aromatic N) is 2. The molecule has 0 radical (unpaired) electrons. The highest BCUT2D eigenvalue weighted by atomic mass is 32.1. The Hall–Kier alpha value is -2.76. The van der Waals surface area contributed by atoms with E-state index in [4.69, 9.17) is 0 Å². The largest absolute Gasteiger partial charge is 0.253 e. The Labute approximate surface area is 154 Å². The van der Waals surface area contributed by atoms with Crippen LogP contribution in [0.2, 0.25) is 0 Å². The zero-order chi connectivity index (χ0) is 16.9. The molecule has 122 valence electrons. The lowest BCUT2D eigenvalue weighted by molar-refractivity contribution is 1.29. The smallest absolute Gasteiger partial charge is 0.203 e. The Bertz CT molecular complexity index is 956. The molecule has 25 heavy (non-hydrogen) atoms. The lowest BCUT2D eigenvalue weighted by atomic mass is 10.1. The van der Waals surface area contributed by atoms with Crippen molar-refractivity contribution in [3.63, 3.8) is 0 Å². The van der Waals surface area contributed by atoms with Crippen LogP contribution in [0, 0.1) is 0 Å². The standard InChI is InChI=1S/C20H15N3S2/c1-2-4-17(5-3-1)19-14-25-20(22-19)23-21-12-15-6-8-16(9-7-15)18-10-11-24-13-18/h1-14H,(H,22,23). The van der Waals surface area contributed by atoms with Crippen molar-refractivity contribution in [2.24, 2.45) is 5.10 Å². The van der Waals surface area contributed by atoms with E-state index in [1.807, 2.05) is 23.6 Å². The zero-order valence-electron chi connectivity index (χ0n) is 13.3. The minimum Gasteiger partial charge on any atom is -0.253 e. The van der Waals surface area contributed by atoms with Crippen LogP contribution in [0.5, 0.6) is 0 Å². The second-order valence-corrected chi connectivity index (χ2v) is 7.05. The van der Waals surface area contributed by atoms with Crippen molar-refractivity contribution < 1.29 is 0 Å². The summed E-state index contributed by atoms with van der Waals surface area (Å²) in [6.45, 7) is 0. The van der Waals surface area contributed by atoms with Crippen molar-refractivity contribution in [3.05, 3.63) is 82.4 Å². The molecule has 1 N–H and O–H groups in total. The van der Waals surface area contributed by atoms with E-state index >= 15 is 0 Å². The Morgan fingerprint density at radius 2 is 1.68 bits per heavy atom. The zero-order valence-corrected chi connectivity index (χ0v) is 14.9. The third-order valence-electron chi connectivity index (χ3n) is 3.71. The summed E-state index contributed by atoms with van der Waals surface area (Å²) >= 11 is 3.25. The van der Waals surface area contributed by atoms with Gasteiger partial charge in [0.05, 0.1) is 11.9 Å². The molecule has 0 aliphatic rings. The van der Waals surface area contributed by atoms with Gasteiger partial charge in [0.25, 0.3) is 0 Å². The van der Waals surface area contributed by atoms with E-state index in [2.05, 4.69) is 68.7 Å². The molecular weight excluding hydrogens is 346 g/mol. The fourth-order valence-corrected chi connectivity index (χ4v) is 3.75. The topological polar surface area (TPSA) is 37.3 Å². The number of hydrogen-bond acceptors (Lipinski definition) is 5. The quantitative estimate of drug-likeness (QED) is 0.350. The first-order valence-corrected chi connectivity index (χ1v) is 9.63. The third-order valence-corrected chi connectivity index (χ3v) is 5.14. The Morgan fingerprint density at radius 3 is 2.44 bits per heavy atom. The van der Waals surface area contributed by atoms with Gasteiger partial charge < -0.3 is 0 Å². The van der Waals surface area contributed by atoms with E-state index in [9.17, 15) is 0 Å². The number of hydrogen-bond donors (Lipinski definition) is 1. The van der Waals surface area contributed by atoms with Gasteiger partial charge in [0.15, 0.2) is 0 Å². The highest BCUT2D eigenvalue weighted by molar-refractivity contribution is 7.14. The van der Waals surface area contributed by atoms with Gasteiger partial charge in [0.2, 0.25) is 5.13 Å². The van der Waals surface area contributed by atoms with Crippen LogP contribution in [0.1, 0.15) is 5.56 Å². The van der Waals surface area contributed by atoms with Crippen LogP contribution in [-0.4, -0.2) is 11.2 Å². The van der Waals surface area contributed by atoms with Crippen LogP contribution in [-0.2, 0) is 0 Å². The van der Waals surface area contributed by atoms with E-state index in [1.165, 1.54) is 11.1 Å². The predicted molar refractivity (Wildman–Crippen MR) is 109 cm³/mol. The summed E-state index contributed by atoms with van der Waals surface area (Å²) in [6, 6.07) is 20.6. The maximum atomic E-state index is 4.55. The number of hydrazone groups is 1. The fraction of sp³-hybridized carbons (Fsp3) is 0. The molecule has 2 aromatic heterocycles. The van der Waals surface area contributed by atoms with Crippen LogP contribution in [0.3, 0.4) is 0 Å². The number of thiophene rings is 1. The van der Waals surface area contributed by atoms with Gasteiger partial charge in [-0.25, -0.2) is 4.98 Å². The first-order valence-electron chi connectivity index (χ1n) is 7.81. The summed E-state index contributed by atoms with van der Waals surface area (Å²) in [4.78, 5) is 4.55. The van der Waals surface area contributed by atoms with Crippen LogP contribution in [0.25, 0.3) is 22.4 Å². The van der Waals surface area contributed by atoms with Crippen molar-refractivity contribution in [1.29, 1.82) is 0 Å². The minimum absolute atomic E-state index is 0.782. The average molecular weight is 361 g/mol. The molecule has 2 aromatic carbocycles. The Balaban J connectivity index is 1.40.